The van der Waals surface area contributed by atoms with Crippen molar-refractivity contribution in [2.45, 2.75) is 58.4 Å². The summed E-state index contributed by atoms with van der Waals surface area (Å²) in [4.78, 5) is 0. The third kappa shape index (κ3) is 5.09. The van der Waals surface area contributed by atoms with Gasteiger partial charge in [0, 0.05) is 46.6 Å². The van der Waals surface area contributed by atoms with Crippen molar-refractivity contribution in [2.24, 2.45) is 5.41 Å². The summed E-state index contributed by atoms with van der Waals surface area (Å²) in [5.41, 5.74) is 1.29. The zero-order valence-electron chi connectivity index (χ0n) is 17.8. The van der Waals surface area contributed by atoms with Crippen LogP contribution < -0.4 is 4.72 Å². The third-order valence-electron chi connectivity index (χ3n) is 5.27. The van der Waals surface area contributed by atoms with Gasteiger partial charge in [-0.1, -0.05) is 38.8 Å². The van der Waals surface area contributed by atoms with Crippen LogP contribution in [-0.4, -0.2) is 9.82 Å². The Morgan fingerprint density at radius 2 is 1.84 bits per heavy atom. The van der Waals surface area contributed by atoms with E-state index < -0.39 is 23.6 Å². The fourth-order valence-electron chi connectivity index (χ4n) is 3.76. The van der Waals surface area contributed by atoms with Gasteiger partial charge >= 0.3 is 0 Å². The van der Waals surface area contributed by atoms with Gasteiger partial charge in [-0.15, -0.1) is 0 Å². The molecule has 0 amide bonds. The van der Waals surface area contributed by atoms with Crippen LogP contribution >= 0.6 is 11.9 Å². The molecule has 0 spiro atoms. The van der Waals surface area contributed by atoms with Gasteiger partial charge in [-0.05, 0) is 53.6 Å². The Morgan fingerprint density at radius 1 is 1.10 bits per heavy atom. The Balaban J connectivity index is 1.81. The summed E-state index contributed by atoms with van der Waals surface area (Å²) in [5.74, 6) is -1.36. The number of rotatable bonds is 7. The van der Waals surface area contributed by atoms with Gasteiger partial charge in [0.15, 0.2) is 0 Å². The maximum absolute atomic E-state index is 15.2. The van der Waals surface area contributed by atoms with Gasteiger partial charge < -0.3 is 4.57 Å². The maximum atomic E-state index is 15.2. The van der Waals surface area contributed by atoms with Gasteiger partial charge in [0.05, 0.1) is 0 Å². The molecule has 1 aliphatic carbocycles. The van der Waals surface area contributed by atoms with Crippen LogP contribution in [0.3, 0.4) is 0 Å². The molecule has 3 aromatic rings. The highest BCUT2D eigenvalue weighted by Gasteiger charge is 2.23. The molecule has 2 aromatic carbocycles. The number of hydrogen-bond acceptors (Lipinski definition) is 2. The van der Waals surface area contributed by atoms with Crippen LogP contribution in [0.4, 0.5) is 17.6 Å². The predicted molar refractivity (Wildman–Crippen MR) is 119 cm³/mol. The number of nitrogens with zero attached hydrogens (tertiary/aromatic N) is 1. The first-order valence-corrected chi connectivity index (χ1v) is 11.3. The van der Waals surface area contributed by atoms with E-state index in [0.717, 1.165) is 28.6 Å². The van der Waals surface area contributed by atoms with Crippen molar-refractivity contribution >= 4 is 22.9 Å². The number of alkyl halides is 2. The average Bonchev–Trinajstić information content (AvgIpc) is 3.44. The lowest BCUT2D eigenvalue weighted by Gasteiger charge is -2.20. The number of aromatic nitrogens is 1. The lowest BCUT2D eigenvalue weighted by atomic mass is 9.96. The Labute approximate surface area is 184 Å². The van der Waals surface area contributed by atoms with Gasteiger partial charge in [0.2, 0.25) is 0 Å². The second-order valence-electron chi connectivity index (χ2n) is 9.36. The van der Waals surface area contributed by atoms with E-state index >= 15 is 4.39 Å². The lowest BCUT2D eigenvalue weighted by Crippen LogP contribution is -2.14. The van der Waals surface area contributed by atoms with Gasteiger partial charge in [-0.25, -0.2) is 17.6 Å². The minimum Gasteiger partial charge on any atom is -0.347 e. The first kappa shape index (κ1) is 22.2. The molecule has 4 rings (SSSR count). The van der Waals surface area contributed by atoms with Crippen LogP contribution in [0.2, 0.25) is 0 Å². The summed E-state index contributed by atoms with van der Waals surface area (Å²) in [6.45, 7) is 7.61. The van der Waals surface area contributed by atoms with E-state index in [1.807, 2.05) is 6.20 Å². The molecule has 7 heteroatoms. The quantitative estimate of drug-likeness (QED) is 0.297. The Bertz CT molecular complexity index is 1100. The van der Waals surface area contributed by atoms with Crippen LogP contribution in [-0.2, 0) is 13.1 Å². The van der Waals surface area contributed by atoms with Crippen molar-refractivity contribution in [1.82, 2.24) is 9.29 Å². The lowest BCUT2D eigenvalue weighted by molar-refractivity contribution is 0.151. The normalized spacial score (nSPS) is 14.7. The van der Waals surface area contributed by atoms with Crippen molar-refractivity contribution in [3.63, 3.8) is 0 Å². The van der Waals surface area contributed by atoms with E-state index in [-0.39, 0.29) is 16.5 Å². The van der Waals surface area contributed by atoms with Crippen molar-refractivity contribution in [3.8, 4) is 11.1 Å². The minimum atomic E-state index is -2.90. The highest BCUT2D eigenvalue weighted by atomic mass is 32.2. The molecule has 1 saturated carbocycles. The van der Waals surface area contributed by atoms with E-state index in [1.54, 1.807) is 18.0 Å². The summed E-state index contributed by atoms with van der Waals surface area (Å²) in [7, 11) is 0. The van der Waals surface area contributed by atoms with E-state index in [1.165, 1.54) is 25.0 Å². The van der Waals surface area contributed by atoms with E-state index in [0.29, 0.717) is 18.3 Å². The monoisotopic (exact) mass is 450 g/mol. The molecule has 166 valence electrons. The smallest absolute Gasteiger partial charge is 0.264 e. The van der Waals surface area contributed by atoms with Crippen molar-refractivity contribution in [1.29, 1.82) is 0 Å². The molecule has 1 aromatic heterocycles. The highest BCUT2D eigenvalue weighted by molar-refractivity contribution is 7.98. The number of benzene rings is 2. The van der Waals surface area contributed by atoms with Crippen molar-refractivity contribution < 1.29 is 17.6 Å². The van der Waals surface area contributed by atoms with Gasteiger partial charge in [-0.3, -0.25) is 4.72 Å². The molecular weight excluding hydrogens is 424 g/mol. The van der Waals surface area contributed by atoms with Gasteiger partial charge in [0.25, 0.3) is 6.43 Å². The standard InChI is InChI=1S/C24H26F4N2S/c1-24(2,3)13-30-12-14(11-29-31-16-5-6-16)18-9-21(26)19(10-22(18)30)17-7-4-15(25)8-20(17)23(27)28/h4,7-10,12,16,23,29H,5-6,11,13H2,1-3H3. The molecule has 1 N–H and O–H groups in total. The molecule has 0 bridgehead atoms. The van der Waals surface area contributed by atoms with Crippen molar-refractivity contribution in [3.05, 3.63) is 59.3 Å². The fourth-order valence-corrected chi connectivity index (χ4v) is 4.60. The second kappa shape index (κ2) is 8.51. The summed E-state index contributed by atoms with van der Waals surface area (Å²) < 4.78 is 61.3. The molecule has 1 heterocycles. The Morgan fingerprint density at radius 3 is 2.48 bits per heavy atom. The second-order valence-corrected chi connectivity index (χ2v) is 10.6. The summed E-state index contributed by atoms with van der Waals surface area (Å²) >= 11 is 1.71. The highest BCUT2D eigenvalue weighted by Crippen LogP contribution is 2.37. The van der Waals surface area contributed by atoms with Gasteiger partial charge in [0.1, 0.15) is 11.6 Å². The number of hydrogen-bond donors (Lipinski definition) is 1. The molecule has 0 saturated heterocycles. The molecule has 0 aliphatic heterocycles. The topological polar surface area (TPSA) is 17.0 Å². The van der Waals surface area contributed by atoms with Crippen LogP contribution in [0.15, 0.2) is 36.5 Å². The molecular formula is C24H26F4N2S. The number of halogens is 4. The first-order valence-electron chi connectivity index (χ1n) is 10.4. The average molecular weight is 451 g/mol. The summed E-state index contributed by atoms with van der Waals surface area (Å²) in [5, 5.41) is 1.41. The molecule has 1 fully saturated rings. The van der Waals surface area contributed by atoms with E-state index in [9.17, 15) is 13.2 Å². The molecule has 1 aliphatic rings. The fraction of sp³-hybridized carbons (Fsp3) is 0.417. The summed E-state index contributed by atoms with van der Waals surface area (Å²) in [6.07, 6.45) is 1.54. The molecule has 0 atom stereocenters. The molecule has 31 heavy (non-hydrogen) atoms. The van der Waals surface area contributed by atoms with E-state index in [2.05, 4.69) is 30.1 Å². The zero-order valence-corrected chi connectivity index (χ0v) is 18.6. The molecule has 2 nitrogen and oxygen atoms in total. The molecule has 0 unspecified atom stereocenters. The largest absolute Gasteiger partial charge is 0.347 e. The third-order valence-corrected chi connectivity index (χ3v) is 6.39. The van der Waals surface area contributed by atoms with Crippen molar-refractivity contribution in [2.75, 3.05) is 0 Å². The number of nitrogens with one attached hydrogen (secondary N) is 1. The maximum Gasteiger partial charge on any atom is 0.264 e. The van der Waals surface area contributed by atoms with Crippen LogP contribution in [0.25, 0.3) is 22.0 Å². The summed E-state index contributed by atoms with van der Waals surface area (Å²) in [6, 6.07) is 6.13. The predicted octanol–water partition coefficient (Wildman–Crippen LogP) is 7.47. The van der Waals surface area contributed by atoms with E-state index in [4.69, 9.17) is 0 Å². The van der Waals surface area contributed by atoms with Gasteiger partial charge in [-0.2, -0.15) is 0 Å². The number of fused-ring (bicyclic) bond motifs is 1. The van der Waals surface area contributed by atoms with Crippen LogP contribution in [0.1, 0.15) is 51.2 Å². The minimum absolute atomic E-state index is 0.0169. The molecule has 0 radical (unpaired) electrons. The Kier molecular flexibility index (Phi) is 6.10. The zero-order chi connectivity index (χ0) is 22.3. The first-order chi connectivity index (χ1) is 14.6. The Hall–Kier alpha value is -1.99. The SMILES string of the molecule is CC(C)(C)Cn1cc(CNSC2CC2)c2cc(F)c(-c3ccc(F)cc3C(F)F)cc21. The van der Waals surface area contributed by atoms with Crippen LogP contribution in [0, 0.1) is 17.0 Å². The van der Waals surface area contributed by atoms with Crippen LogP contribution in [0.5, 0.6) is 0 Å².